The lowest BCUT2D eigenvalue weighted by Gasteiger charge is -2.36. The summed E-state index contributed by atoms with van der Waals surface area (Å²) in [4.78, 5) is 23.6. The van der Waals surface area contributed by atoms with Gasteiger partial charge in [0.1, 0.15) is 0 Å². The van der Waals surface area contributed by atoms with Crippen molar-refractivity contribution in [2.75, 3.05) is 13.2 Å². The number of aromatic nitrogens is 2. The van der Waals surface area contributed by atoms with Crippen LogP contribution >= 0.6 is 0 Å². The van der Waals surface area contributed by atoms with Crippen LogP contribution < -0.4 is 5.32 Å². The topological polar surface area (TPSA) is 104 Å². The number of carboxylic acids is 1. The number of aliphatic carboxylic acids is 1. The molecule has 1 fully saturated rings. The molecule has 23 heavy (non-hydrogen) atoms. The van der Waals surface area contributed by atoms with Gasteiger partial charge < -0.3 is 15.2 Å². The number of H-pyrrole nitrogens is 1. The van der Waals surface area contributed by atoms with Crippen molar-refractivity contribution < 1.29 is 19.4 Å². The van der Waals surface area contributed by atoms with E-state index in [2.05, 4.69) is 15.5 Å². The van der Waals surface area contributed by atoms with Gasteiger partial charge in [-0.05, 0) is 18.9 Å². The van der Waals surface area contributed by atoms with Crippen LogP contribution in [0.1, 0.15) is 25.0 Å². The molecule has 0 atom stereocenters. The summed E-state index contributed by atoms with van der Waals surface area (Å²) in [5.74, 6) is -1.12. The Morgan fingerprint density at radius 1 is 1.30 bits per heavy atom. The number of ether oxygens (including phenoxy) is 1. The fourth-order valence-corrected chi connectivity index (χ4v) is 3.05. The number of nitrogens with one attached hydrogen (secondary N) is 2. The number of benzene rings is 1. The Bertz CT molecular complexity index is 719. The Balaban J connectivity index is 1.73. The number of amides is 1. The molecule has 1 amide bonds. The first-order valence-electron chi connectivity index (χ1n) is 7.61. The molecule has 0 unspecified atom stereocenters. The number of carbonyl (C=O) groups is 2. The highest BCUT2D eigenvalue weighted by atomic mass is 16.5. The van der Waals surface area contributed by atoms with Gasteiger partial charge in [0, 0.05) is 18.6 Å². The highest BCUT2D eigenvalue weighted by molar-refractivity contribution is 5.87. The van der Waals surface area contributed by atoms with E-state index in [-0.39, 0.29) is 18.7 Å². The summed E-state index contributed by atoms with van der Waals surface area (Å²) in [5.41, 5.74) is 0.814. The quantitative estimate of drug-likeness (QED) is 0.770. The normalized spacial score (nSPS) is 17.0. The van der Waals surface area contributed by atoms with E-state index >= 15 is 0 Å². The maximum absolute atomic E-state index is 12.4. The SMILES string of the molecule is O=C(O)CC1(NC(=O)Cc2[nH]nc3ccccc23)CCOCC1. The van der Waals surface area contributed by atoms with E-state index in [4.69, 9.17) is 9.84 Å². The Labute approximate surface area is 133 Å². The van der Waals surface area contributed by atoms with Crippen LogP contribution in [-0.4, -0.2) is 45.9 Å². The molecule has 3 rings (SSSR count). The van der Waals surface area contributed by atoms with Gasteiger partial charge in [0.05, 0.1) is 29.6 Å². The van der Waals surface area contributed by atoms with Crippen molar-refractivity contribution in [3.05, 3.63) is 30.0 Å². The fourth-order valence-electron chi connectivity index (χ4n) is 3.05. The first-order chi connectivity index (χ1) is 11.1. The summed E-state index contributed by atoms with van der Waals surface area (Å²) in [6, 6.07) is 7.56. The zero-order valence-electron chi connectivity index (χ0n) is 12.7. The highest BCUT2D eigenvalue weighted by Crippen LogP contribution is 2.25. The lowest BCUT2D eigenvalue weighted by Crippen LogP contribution is -2.53. The Hall–Kier alpha value is -2.41. The zero-order chi connectivity index (χ0) is 16.3. The number of para-hydroxylation sites is 1. The van der Waals surface area contributed by atoms with Crippen LogP contribution in [0.15, 0.2) is 24.3 Å². The van der Waals surface area contributed by atoms with Gasteiger partial charge >= 0.3 is 5.97 Å². The van der Waals surface area contributed by atoms with Gasteiger partial charge in [0.2, 0.25) is 5.91 Å². The number of hydrogen-bond acceptors (Lipinski definition) is 4. The van der Waals surface area contributed by atoms with Crippen LogP contribution in [0.3, 0.4) is 0 Å². The molecule has 7 nitrogen and oxygen atoms in total. The van der Waals surface area contributed by atoms with Gasteiger partial charge in [-0.15, -0.1) is 0 Å². The summed E-state index contributed by atoms with van der Waals surface area (Å²) >= 11 is 0. The van der Waals surface area contributed by atoms with Crippen molar-refractivity contribution >= 4 is 22.8 Å². The predicted molar refractivity (Wildman–Crippen MR) is 83.0 cm³/mol. The molecule has 2 heterocycles. The number of hydrogen-bond donors (Lipinski definition) is 3. The van der Waals surface area contributed by atoms with Gasteiger partial charge in [-0.2, -0.15) is 5.10 Å². The summed E-state index contributed by atoms with van der Waals surface area (Å²) in [6.45, 7) is 0.918. The molecular formula is C16H19N3O4. The van der Waals surface area contributed by atoms with Crippen molar-refractivity contribution in [2.45, 2.75) is 31.2 Å². The third-order valence-electron chi connectivity index (χ3n) is 4.22. The zero-order valence-corrected chi connectivity index (χ0v) is 12.7. The van der Waals surface area contributed by atoms with Crippen molar-refractivity contribution in [3.63, 3.8) is 0 Å². The van der Waals surface area contributed by atoms with Crippen LogP contribution in [0.25, 0.3) is 10.9 Å². The van der Waals surface area contributed by atoms with E-state index in [9.17, 15) is 9.59 Å². The maximum Gasteiger partial charge on any atom is 0.305 e. The van der Waals surface area contributed by atoms with Gasteiger partial charge in [-0.25, -0.2) is 0 Å². The first kappa shape index (κ1) is 15.5. The summed E-state index contributed by atoms with van der Waals surface area (Å²) < 4.78 is 5.29. The van der Waals surface area contributed by atoms with Crippen molar-refractivity contribution in [1.29, 1.82) is 0 Å². The van der Waals surface area contributed by atoms with Crippen molar-refractivity contribution in [3.8, 4) is 0 Å². The predicted octanol–water partition coefficient (Wildman–Crippen LogP) is 1.25. The molecule has 7 heteroatoms. The largest absolute Gasteiger partial charge is 0.481 e. The third-order valence-corrected chi connectivity index (χ3v) is 4.22. The minimum Gasteiger partial charge on any atom is -0.481 e. The molecule has 1 aromatic heterocycles. The van der Waals surface area contributed by atoms with Crippen LogP contribution in [-0.2, 0) is 20.7 Å². The van der Waals surface area contributed by atoms with Gasteiger partial charge in [0.15, 0.2) is 0 Å². The van der Waals surface area contributed by atoms with E-state index in [1.807, 2.05) is 24.3 Å². The molecule has 0 aliphatic carbocycles. The molecule has 1 saturated heterocycles. The van der Waals surface area contributed by atoms with Crippen LogP contribution in [0.2, 0.25) is 0 Å². The molecule has 2 aromatic rings. The number of nitrogens with zero attached hydrogens (tertiary/aromatic N) is 1. The van der Waals surface area contributed by atoms with E-state index in [1.165, 1.54) is 0 Å². The molecule has 0 spiro atoms. The van der Waals surface area contributed by atoms with E-state index < -0.39 is 11.5 Å². The van der Waals surface area contributed by atoms with Crippen LogP contribution in [0.4, 0.5) is 0 Å². The lowest BCUT2D eigenvalue weighted by atomic mass is 9.86. The Morgan fingerprint density at radius 2 is 2.04 bits per heavy atom. The number of rotatable bonds is 5. The van der Waals surface area contributed by atoms with E-state index in [1.54, 1.807) is 0 Å². The number of carbonyl (C=O) groups excluding carboxylic acids is 1. The molecule has 0 bridgehead atoms. The molecule has 3 N–H and O–H groups in total. The van der Waals surface area contributed by atoms with Gasteiger partial charge in [0.25, 0.3) is 0 Å². The molecule has 0 radical (unpaired) electrons. The maximum atomic E-state index is 12.4. The lowest BCUT2D eigenvalue weighted by molar-refractivity contribution is -0.140. The van der Waals surface area contributed by atoms with Crippen molar-refractivity contribution in [1.82, 2.24) is 15.5 Å². The second-order valence-corrected chi connectivity index (χ2v) is 5.91. The number of fused-ring (bicyclic) bond motifs is 1. The summed E-state index contributed by atoms with van der Waals surface area (Å²) in [7, 11) is 0. The molecule has 0 saturated carbocycles. The average Bonchev–Trinajstić information content (AvgIpc) is 2.90. The van der Waals surface area contributed by atoms with Gasteiger partial charge in [-0.3, -0.25) is 14.7 Å². The highest BCUT2D eigenvalue weighted by Gasteiger charge is 2.36. The minimum atomic E-state index is -0.917. The minimum absolute atomic E-state index is 0.0914. The van der Waals surface area contributed by atoms with Crippen LogP contribution in [0.5, 0.6) is 0 Å². The second kappa shape index (κ2) is 6.37. The van der Waals surface area contributed by atoms with Crippen molar-refractivity contribution in [2.24, 2.45) is 0 Å². The van der Waals surface area contributed by atoms with Gasteiger partial charge in [-0.1, -0.05) is 18.2 Å². The molecular weight excluding hydrogens is 298 g/mol. The molecule has 122 valence electrons. The molecule has 1 aliphatic heterocycles. The Morgan fingerprint density at radius 3 is 2.78 bits per heavy atom. The fraction of sp³-hybridized carbons (Fsp3) is 0.438. The second-order valence-electron chi connectivity index (χ2n) is 5.91. The summed E-state index contributed by atoms with van der Waals surface area (Å²) in [5, 5.41) is 20.0. The number of carboxylic acid groups (broad SMARTS) is 1. The first-order valence-corrected chi connectivity index (χ1v) is 7.61. The van der Waals surface area contributed by atoms with E-state index in [0.717, 1.165) is 16.6 Å². The average molecular weight is 317 g/mol. The molecule has 1 aromatic carbocycles. The Kier molecular flexibility index (Phi) is 4.29. The monoisotopic (exact) mass is 317 g/mol. The third kappa shape index (κ3) is 3.50. The molecule has 1 aliphatic rings. The number of aromatic amines is 1. The van der Waals surface area contributed by atoms with Crippen LogP contribution in [0, 0.1) is 0 Å². The summed E-state index contributed by atoms with van der Waals surface area (Å²) in [6.07, 6.45) is 1.07. The van der Waals surface area contributed by atoms with E-state index in [0.29, 0.717) is 26.1 Å². The smallest absolute Gasteiger partial charge is 0.305 e. The standard InChI is InChI=1S/C16H19N3O4/c20-14(9-13-11-3-1-2-4-12(11)18-19-13)17-16(10-15(21)22)5-7-23-8-6-16/h1-4H,5-10H2,(H,17,20)(H,18,19)(H,21,22).